The van der Waals surface area contributed by atoms with Crippen LogP contribution in [0.1, 0.15) is 28.5 Å². The Morgan fingerprint density at radius 2 is 2.43 bits per heavy atom. The summed E-state index contributed by atoms with van der Waals surface area (Å²) in [5, 5.41) is 8.78. The molecule has 1 rings (SSSR count). The zero-order chi connectivity index (χ0) is 10.6. The molecule has 1 heterocycles. The van der Waals surface area contributed by atoms with Gasteiger partial charge in [0, 0.05) is 12.3 Å². The van der Waals surface area contributed by atoms with Gasteiger partial charge >= 0.3 is 5.97 Å². The van der Waals surface area contributed by atoms with Gasteiger partial charge in [0.2, 0.25) is 5.76 Å². The van der Waals surface area contributed by atoms with Crippen molar-refractivity contribution < 1.29 is 14.3 Å². The Kier molecular flexibility index (Phi) is 4.03. The van der Waals surface area contributed by atoms with Gasteiger partial charge < -0.3 is 15.3 Å². The molecule has 1 aromatic rings. The fraction of sp³-hybridized carbons (Fsp3) is 0.444. The number of aromatic carboxylic acids is 1. The molecule has 0 aliphatic rings. The van der Waals surface area contributed by atoms with Crippen LogP contribution < -0.4 is 5.73 Å². The molecule has 0 saturated heterocycles. The summed E-state index contributed by atoms with van der Waals surface area (Å²) >= 11 is 1.64. The molecule has 0 aliphatic heterocycles. The number of carboxylic acids is 1. The zero-order valence-corrected chi connectivity index (χ0v) is 8.71. The maximum absolute atomic E-state index is 10.5. The van der Waals surface area contributed by atoms with Gasteiger partial charge in [-0.25, -0.2) is 4.79 Å². The average molecular weight is 215 g/mol. The van der Waals surface area contributed by atoms with Crippen molar-refractivity contribution >= 4 is 17.7 Å². The Morgan fingerprint density at radius 1 is 1.71 bits per heavy atom. The predicted molar refractivity (Wildman–Crippen MR) is 55.6 cm³/mol. The van der Waals surface area contributed by atoms with Crippen LogP contribution in [-0.4, -0.2) is 23.4 Å². The second-order valence-electron chi connectivity index (χ2n) is 2.81. The fourth-order valence-corrected chi connectivity index (χ4v) is 1.79. The standard InChI is InChI=1S/C9H13NO3S/c1-6(14-5-4-10)7-2-3-8(13-7)9(11)12/h2-3,6H,4-5,10H2,1H3,(H,11,12). The smallest absolute Gasteiger partial charge is 0.371 e. The molecule has 14 heavy (non-hydrogen) atoms. The molecular weight excluding hydrogens is 202 g/mol. The van der Waals surface area contributed by atoms with Gasteiger partial charge in [0.25, 0.3) is 0 Å². The van der Waals surface area contributed by atoms with Crippen LogP contribution in [0.25, 0.3) is 0 Å². The van der Waals surface area contributed by atoms with E-state index < -0.39 is 5.97 Å². The van der Waals surface area contributed by atoms with E-state index in [4.69, 9.17) is 15.3 Å². The van der Waals surface area contributed by atoms with Crippen LogP contribution >= 0.6 is 11.8 Å². The Bertz CT molecular complexity index is 311. The summed E-state index contributed by atoms with van der Waals surface area (Å²) in [7, 11) is 0. The number of thioether (sulfide) groups is 1. The third-order valence-corrected chi connectivity index (χ3v) is 2.93. The lowest BCUT2D eigenvalue weighted by Gasteiger charge is -2.06. The van der Waals surface area contributed by atoms with Crippen LogP contribution in [0.15, 0.2) is 16.5 Å². The quantitative estimate of drug-likeness (QED) is 0.782. The Labute approximate surface area is 86.5 Å². The van der Waals surface area contributed by atoms with Crippen molar-refractivity contribution in [2.75, 3.05) is 12.3 Å². The molecule has 0 fully saturated rings. The molecule has 0 aliphatic carbocycles. The summed E-state index contributed by atoms with van der Waals surface area (Å²) in [6.45, 7) is 2.58. The first-order valence-electron chi connectivity index (χ1n) is 4.30. The number of carboxylic acid groups (broad SMARTS) is 1. The molecule has 4 nitrogen and oxygen atoms in total. The molecule has 0 spiro atoms. The molecule has 0 radical (unpaired) electrons. The second-order valence-corrected chi connectivity index (χ2v) is 4.26. The largest absolute Gasteiger partial charge is 0.475 e. The van der Waals surface area contributed by atoms with Crippen molar-refractivity contribution in [2.45, 2.75) is 12.2 Å². The first-order chi connectivity index (χ1) is 6.65. The highest BCUT2D eigenvalue weighted by Crippen LogP contribution is 2.28. The first kappa shape index (κ1) is 11.1. The van der Waals surface area contributed by atoms with Crippen LogP contribution in [0.5, 0.6) is 0 Å². The molecule has 1 unspecified atom stereocenters. The van der Waals surface area contributed by atoms with Crippen molar-refractivity contribution in [1.29, 1.82) is 0 Å². The van der Waals surface area contributed by atoms with E-state index in [0.29, 0.717) is 12.3 Å². The summed E-state index contributed by atoms with van der Waals surface area (Å²) < 4.78 is 5.14. The van der Waals surface area contributed by atoms with Gasteiger partial charge in [0.05, 0.1) is 5.25 Å². The van der Waals surface area contributed by atoms with Gasteiger partial charge in [-0.05, 0) is 19.1 Å². The SMILES string of the molecule is CC(SCCN)c1ccc(C(=O)O)o1. The molecule has 0 aromatic carbocycles. The number of nitrogens with two attached hydrogens (primary N) is 1. The van der Waals surface area contributed by atoms with E-state index in [1.165, 1.54) is 6.07 Å². The van der Waals surface area contributed by atoms with E-state index >= 15 is 0 Å². The monoisotopic (exact) mass is 215 g/mol. The maximum Gasteiger partial charge on any atom is 0.371 e. The van der Waals surface area contributed by atoms with Crippen LogP contribution in [0.2, 0.25) is 0 Å². The highest BCUT2D eigenvalue weighted by molar-refractivity contribution is 7.99. The van der Waals surface area contributed by atoms with Gasteiger partial charge in [-0.15, -0.1) is 11.8 Å². The molecule has 0 bridgehead atoms. The minimum absolute atomic E-state index is 0.0137. The lowest BCUT2D eigenvalue weighted by Crippen LogP contribution is -2.02. The van der Waals surface area contributed by atoms with Gasteiger partial charge in [0.15, 0.2) is 0 Å². The molecule has 78 valence electrons. The number of furan rings is 1. The Morgan fingerprint density at radius 3 is 2.93 bits per heavy atom. The van der Waals surface area contributed by atoms with Crippen LogP contribution in [-0.2, 0) is 0 Å². The van der Waals surface area contributed by atoms with E-state index in [0.717, 1.165) is 5.75 Å². The number of rotatable bonds is 5. The Hall–Kier alpha value is -0.940. The summed E-state index contributed by atoms with van der Waals surface area (Å²) in [6, 6.07) is 3.16. The number of hydrogen-bond donors (Lipinski definition) is 2. The molecule has 1 atom stereocenters. The highest BCUT2D eigenvalue weighted by atomic mass is 32.2. The van der Waals surface area contributed by atoms with Gasteiger partial charge in [-0.2, -0.15) is 0 Å². The summed E-state index contributed by atoms with van der Waals surface area (Å²) in [5.74, 6) is 0.470. The number of hydrogen-bond acceptors (Lipinski definition) is 4. The van der Waals surface area contributed by atoms with E-state index in [2.05, 4.69) is 0 Å². The summed E-state index contributed by atoms with van der Waals surface area (Å²) in [4.78, 5) is 10.5. The lowest BCUT2D eigenvalue weighted by atomic mass is 10.3. The molecular formula is C9H13NO3S. The van der Waals surface area contributed by atoms with Crippen LogP contribution in [0.3, 0.4) is 0 Å². The highest BCUT2D eigenvalue weighted by Gasteiger charge is 2.13. The van der Waals surface area contributed by atoms with Crippen LogP contribution in [0, 0.1) is 0 Å². The number of carbonyl (C=O) groups is 1. The van der Waals surface area contributed by atoms with E-state index in [-0.39, 0.29) is 11.0 Å². The van der Waals surface area contributed by atoms with Gasteiger partial charge in [-0.3, -0.25) is 0 Å². The third-order valence-electron chi connectivity index (χ3n) is 1.72. The third kappa shape index (κ3) is 2.78. The fourth-order valence-electron chi connectivity index (χ4n) is 1.01. The summed E-state index contributed by atoms with van der Waals surface area (Å²) in [6.07, 6.45) is 0. The van der Waals surface area contributed by atoms with Crippen molar-refractivity contribution in [3.05, 3.63) is 23.7 Å². The van der Waals surface area contributed by atoms with Gasteiger partial charge in [0.1, 0.15) is 5.76 Å². The van der Waals surface area contributed by atoms with E-state index in [1.54, 1.807) is 17.8 Å². The first-order valence-corrected chi connectivity index (χ1v) is 5.34. The lowest BCUT2D eigenvalue weighted by molar-refractivity contribution is 0.0660. The molecule has 3 N–H and O–H groups in total. The van der Waals surface area contributed by atoms with Crippen molar-refractivity contribution in [3.63, 3.8) is 0 Å². The molecule has 5 heteroatoms. The van der Waals surface area contributed by atoms with Crippen molar-refractivity contribution in [3.8, 4) is 0 Å². The van der Waals surface area contributed by atoms with Crippen molar-refractivity contribution in [2.24, 2.45) is 5.73 Å². The minimum Gasteiger partial charge on any atom is -0.475 e. The topological polar surface area (TPSA) is 76.5 Å². The zero-order valence-electron chi connectivity index (χ0n) is 7.90. The molecule has 1 aromatic heterocycles. The Balaban J connectivity index is 2.61. The van der Waals surface area contributed by atoms with E-state index in [9.17, 15) is 4.79 Å². The summed E-state index contributed by atoms with van der Waals surface area (Å²) in [5.41, 5.74) is 5.36. The molecule has 0 amide bonds. The van der Waals surface area contributed by atoms with E-state index in [1.807, 2.05) is 6.92 Å². The second kappa shape index (κ2) is 5.07. The predicted octanol–water partition coefficient (Wildman–Crippen LogP) is 1.73. The van der Waals surface area contributed by atoms with Crippen LogP contribution in [0.4, 0.5) is 0 Å². The van der Waals surface area contributed by atoms with Gasteiger partial charge in [-0.1, -0.05) is 0 Å². The normalized spacial score (nSPS) is 12.7. The molecule has 0 saturated carbocycles. The maximum atomic E-state index is 10.5. The van der Waals surface area contributed by atoms with Crippen molar-refractivity contribution in [1.82, 2.24) is 0 Å². The minimum atomic E-state index is -1.03. The average Bonchev–Trinajstić information content (AvgIpc) is 2.62.